The number of carbonyl (C=O) groups excluding carboxylic acids is 1. The lowest BCUT2D eigenvalue weighted by atomic mass is 9.64. The summed E-state index contributed by atoms with van der Waals surface area (Å²) in [6, 6.07) is 6.54. The molecule has 0 aromatic heterocycles. The number of carbonyl (C=O) groups is 1. The third kappa shape index (κ3) is 1.95. The molecule has 0 unspecified atom stereocenters. The molecule has 106 valence electrons. The number of rotatable bonds is 2. The predicted octanol–water partition coefficient (Wildman–Crippen LogP) is 4.98. The van der Waals surface area contributed by atoms with Gasteiger partial charge in [0, 0.05) is 16.9 Å². The van der Waals surface area contributed by atoms with Crippen LogP contribution >= 0.6 is 0 Å². The number of allylic oxidation sites excluding steroid dienone is 2. The molecule has 3 rings (SSSR count). The molecule has 2 aliphatic carbocycles. The Labute approximate surface area is 122 Å². The van der Waals surface area contributed by atoms with E-state index in [1.165, 1.54) is 43.2 Å². The van der Waals surface area contributed by atoms with Crippen LogP contribution in [0.15, 0.2) is 30.4 Å². The minimum Gasteiger partial charge on any atom is -0.294 e. The van der Waals surface area contributed by atoms with E-state index in [1.807, 2.05) is 6.92 Å². The van der Waals surface area contributed by atoms with Gasteiger partial charge in [-0.05, 0) is 44.7 Å². The van der Waals surface area contributed by atoms with Gasteiger partial charge in [-0.1, -0.05) is 49.1 Å². The third-order valence-electron chi connectivity index (χ3n) is 5.31. The van der Waals surface area contributed by atoms with E-state index in [0.29, 0.717) is 5.78 Å². The maximum absolute atomic E-state index is 12.9. The maximum Gasteiger partial charge on any atom is 0.167 e. The average molecular weight is 268 g/mol. The Hall–Kier alpha value is -1.37. The van der Waals surface area contributed by atoms with Crippen LogP contribution in [0.2, 0.25) is 0 Å². The molecule has 1 aromatic rings. The summed E-state index contributed by atoms with van der Waals surface area (Å²) in [5.74, 6) is 0.569. The van der Waals surface area contributed by atoms with Crippen LogP contribution in [-0.4, -0.2) is 5.78 Å². The molecule has 1 heteroatoms. The van der Waals surface area contributed by atoms with Crippen LogP contribution in [0.3, 0.4) is 0 Å². The second-order valence-corrected chi connectivity index (χ2v) is 6.49. The van der Waals surface area contributed by atoms with E-state index < -0.39 is 0 Å². The van der Waals surface area contributed by atoms with E-state index in [2.05, 4.69) is 37.3 Å². The number of fused-ring (bicyclic) bond motifs is 2. The van der Waals surface area contributed by atoms with Crippen LogP contribution in [0.25, 0.3) is 0 Å². The van der Waals surface area contributed by atoms with E-state index in [1.54, 1.807) is 0 Å². The van der Waals surface area contributed by atoms with Gasteiger partial charge in [0.25, 0.3) is 0 Å². The molecule has 0 aliphatic heterocycles. The number of aryl methyl sites for hydroxylation is 1. The summed E-state index contributed by atoms with van der Waals surface area (Å²) < 4.78 is 0. The lowest BCUT2D eigenvalue weighted by molar-refractivity contribution is 0.0852. The molecular weight excluding hydrogens is 244 g/mol. The molecule has 1 fully saturated rings. The van der Waals surface area contributed by atoms with Crippen molar-refractivity contribution in [3.8, 4) is 0 Å². The molecule has 1 saturated carbocycles. The van der Waals surface area contributed by atoms with Gasteiger partial charge < -0.3 is 0 Å². The standard InChI is InChI=1S/C19H24O/c1-3-4-8-17-18(20)15-13-14(2)9-10-16(15)19(17)11-6-5-7-12-19/h3-4,9-10,13,17H,5-8,11-12H2,1-2H3/t17-/m1/s1. The van der Waals surface area contributed by atoms with Crippen LogP contribution in [0.5, 0.6) is 0 Å². The molecule has 2 aliphatic rings. The van der Waals surface area contributed by atoms with Crippen LogP contribution < -0.4 is 0 Å². The topological polar surface area (TPSA) is 17.1 Å². The van der Waals surface area contributed by atoms with Crippen LogP contribution in [0, 0.1) is 12.8 Å². The van der Waals surface area contributed by atoms with Gasteiger partial charge in [0.05, 0.1) is 0 Å². The maximum atomic E-state index is 12.9. The number of hydrogen-bond acceptors (Lipinski definition) is 1. The summed E-state index contributed by atoms with van der Waals surface area (Å²) in [6.07, 6.45) is 11.4. The molecule has 1 nitrogen and oxygen atoms in total. The first-order chi connectivity index (χ1) is 9.69. The molecule has 20 heavy (non-hydrogen) atoms. The first kappa shape index (κ1) is 13.6. The number of benzene rings is 1. The smallest absolute Gasteiger partial charge is 0.167 e. The van der Waals surface area contributed by atoms with E-state index in [4.69, 9.17) is 0 Å². The minimum absolute atomic E-state index is 0.137. The molecule has 0 bridgehead atoms. The highest BCUT2D eigenvalue weighted by Gasteiger charge is 2.51. The van der Waals surface area contributed by atoms with Crippen molar-refractivity contribution in [3.63, 3.8) is 0 Å². The largest absolute Gasteiger partial charge is 0.294 e. The Kier molecular flexibility index (Phi) is 3.54. The van der Waals surface area contributed by atoms with Gasteiger partial charge in [-0.15, -0.1) is 0 Å². The fourth-order valence-corrected chi connectivity index (χ4v) is 4.33. The summed E-state index contributed by atoms with van der Waals surface area (Å²) in [4.78, 5) is 12.9. The molecule has 0 amide bonds. The number of Topliss-reactive ketones (excluding diaryl/α,β-unsaturated/α-hetero) is 1. The zero-order valence-corrected chi connectivity index (χ0v) is 12.6. The van der Waals surface area contributed by atoms with Gasteiger partial charge >= 0.3 is 0 Å². The molecule has 0 heterocycles. The van der Waals surface area contributed by atoms with Gasteiger partial charge in [-0.2, -0.15) is 0 Å². The van der Waals surface area contributed by atoms with Crippen molar-refractivity contribution in [2.45, 2.75) is 57.8 Å². The van der Waals surface area contributed by atoms with E-state index >= 15 is 0 Å². The zero-order valence-electron chi connectivity index (χ0n) is 12.6. The molecule has 0 radical (unpaired) electrons. The Morgan fingerprint density at radius 3 is 2.70 bits per heavy atom. The Morgan fingerprint density at radius 1 is 1.25 bits per heavy atom. The second-order valence-electron chi connectivity index (χ2n) is 6.49. The van der Waals surface area contributed by atoms with E-state index in [-0.39, 0.29) is 11.3 Å². The van der Waals surface area contributed by atoms with Crippen molar-refractivity contribution < 1.29 is 4.79 Å². The van der Waals surface area contributed by atoms with Crippen molar-refractivity contribution >= 4 is 5.78 Å². The molecule has 1 aromatic carbocycles. The van der Waals surface area contributed by atoms with E-state index in [0.717, 1.165) is 12.0 Å². The quantitative estimate of drug-likeness (QED) is 0.692. The van der Waals surface area contributed by atoms with Crippen molar-refractivity contribution in [1.82, 2.24) is 0 Å². The monoisotopic (exact) mass is 268 g/mol. The fraction of sp³-hybridized carbons (Fsp3) is 0.526. The van der Waals surface area contributed by atoms with Crippen molar-refractivity contribution in [2.75, 3.05) is 0 Å². The molecular formula is C19H24O. The van der Waals surface area contributed by atoms with E-state index in [9.17, 15) is 4.79 Å². The summed E-state index contributed by atoms with van der Waals surface area (Å²) in [7, 11) is 0. The van der Waals surface area contributed by atoms with Gasteiger partial charge in [-0.3, -0.25) is 4.79 Å². The van der Waals surface area contributed by atoms with Crippen LogP contribution in [-0.2, 0) is 5.41 Å². The molecule has 1 spiro atoms. The van der Waals surface area contributed by atoms with Gasteiger partial charge in [0.15, 0.2) is 5.78 Å². The third-order valence-corrected chi connectivity index (χ3v) is 5.31. The number of hydrogen-bond donors (Lipinski definition) is 0. The Balaban J connectivity index is 2.09. The Morgan fingerprint density at radius 2 is 2.00 bits per heavy atom. The first-order valence-electron chi connectivity index (χ1n) is 7.95. The fourth-order valence-electron chi connectivity index (χ4n) is 4.33. The van der Waals surface area contributed by atoms with Crippen molar-refractivity contribution in [2.24, 2.45) is 5.92 Å². The van der Waals surface area contributed by atoms with Gasteiger partial charge in [0.2, 0.25) is 0 Å². The van der Waals surface area contributed by atoms with Gasteiger partial charge in [-0.25, -0.2) is 0 Å². The first-order valence-corrected chi connectivity index (χ1v) is 7.95. The molecule has 0 N–H and O–H groups in total. The van der Waals surface area contributed by atoms with Gasteiger partial charge in [0.1, 0.15) is 0 Å². The Bertz CT molecular complexity index is 547. The highest BCUT2D eigenvalue weighted by Crippen LogP contribution is 2.53. The lowest BCUT2D eigenvalue weighted by Gasteiger charge is -2.39. The summed E-state index contributed by atoms with van der Waals surface area (Å²) in [6.45, 7) is 4.13. The SMILES string of the molecule is CC=CC[C@@H]1C(=O)c2cc(C)ccc2C12CCCCC2. The summed E-state index contributed by atoms with van der Waals surface area (Å²) >= 11 is 0. The number of ketones is 1. The zero-order chi connectivity index (χ0) is 14.2. The van der Waals surface area contributed by atoms with Crippen molar-refractivity contribution in [3.05, 3.63) is 47.0 Å². The molecule has 0 saturated heterocycles. The summed E-state index contributed by atoms with van der Waals surface area (Å²) in [5.41, 5.74) is 3.70. The average Bonchev–Trinajstić information content (AvgIpc) is 2.67. The minimum atomic E-state index is 0.137. The predicted molar refractivity (Wildman–Crippen MR) is 83.2 cm³/mol. The molecule has 1 atom stereocenters. The normalized spacial score (nSPS) is 24.5. The highest BCUT2D eigenvalue weighted by atomic mass is 16.1. The van der Waals surface area contributed by atoms with Crippen molar-refractivity contribution in [1.29, 1.82) is 0 Å². The lowest BCUT2D eigenvalue weighted by Crippen LogP contribution is -2.35. The second kappa shape index (κ2) is 5.20. The summed E-state index contributed by atoms with van der Waals surface area (Å²) in [5, 5.41) is 0. The van der Waals surface area contributed by atoms with Crippen LogP contribution in [0.1, 0.15) is 66.9 Å². The highest BCUT2D eigenvalue weighted by molar-refractivity contribution is 6.04. The van der Waals surface area contributed by atoms with Crippen LogP contribution in [0.4, 0.5) is 0 Å².